The van der Waals surface area contributed by atoms with Crippen molar-refractivity contribution < 1.29 is 23.7 Å². The molecule has 0 aromatic rings. The van der Waals surface area contributed by atoms with E-state index in [1.54, 1.807) is 0 Å². The minimum atomic E-state index is -2.02. The molecule has 92 valence electrons. The van der Waals surface area contributed by atoms with Crippen molar-refractivity contribution in [3.63, 3.8) is 0 Å². The van der Waals surface area contributed by atoms with E-state index in [-0.39, 0.29) is 19.1 Å². The molecular weight excluding hydrogens is 222 g/mol. The molecule has 0 saturated heterocycles. The summed E-state index contributed by atoms with van der Waals surface area (Å²) in [6, 6.07) is 0. The average Bonchev–Trinajstić information content (AvgIpc) is 2.14. The zero-order chi connectivity index (χ0) is 11.8. The first kappa shape index (κ1) is 14.9. The molecule has 3 N–H and O–H groups in total. The first-order valence-corrected chi connectivity index (χ1v) is 5.83. The maximum absolute atomic E-state index is 10.7. The van der Waals surface area contributed by atoms with Crippen molar-refractivity contribution in [3.8, 4) is 0 Å². The summed E-state index contributed by atoms with van der Waals surface area (Å²) in [5.74, 6) is 0. The molecule has 0 heterocycles. The van der Waals surface area contributed by atoms with Gasteiger partial charge in [-0.2, -0.15) is 0 Å². The highest BCUT2D eigenvalue weighted by atomic mass is 32.2. The predicted molar refractivity (Wildman–Crippen MR) is 56.3 cm³/mol. The number of aliphatic hydroxyl groups excluding tert-OH is 1. The molecule has 1 unspecified atom stereocenters. The van der Waals surface area contributed by atoms with Crippen LogP contribution in [0.15, 0.2) is 0 Å². The van der Waals surface area contributed by atoms with E-state index in [2.05, 4.69) is 0 Å². The molecule has 0 radical (unpaired) electrons. The molecular formula is C8H19NO5S. The Balaban J connectivity index is 3.97. The Morgan fingerprint density at radius 2 is 2.00 bits per heavy atom. The van der Waals surface area contributed by atoms with Gasteiger partial charge in [-0.3, -0.25) is 4.55 Å². The molecule has 0 saturated carbocycles. The zero-order valence-corrected chi connectivity index (χ0v) is 9.81. The monoisotopic (exact) mass is 241 g/mol. The molecule has 6 nitrogen and oxygen atoms in total. The van der Waals surface area contributed by atoms with Gasteiger partial charge in [0.05, 0.1) is 6.10 Å². The third kappa shape index (κ3) is 7.83. The van der Waals surface area contributed by atoms with Crippen molar-refractivity contribution in [2.45, 2.75) is 32.2 Å². The van der Waals surface area contributed by atoms with Gasteiger partial charge in [0.1, 0.15) is 0 Å². The Hall–Kier alpha value is -0.0500. The Kier molecular flexibility index (Phi) is 8.12. The van der Waals surface area contributed by atoms with Crippen LogP contribution in [0, 0.1) is 0 Å². The van der Waals surface area contributed by atoms with Crippen molar-refractivity contribution in [2.24, 2.45) is 0 Å². The summed E-state index contributed by atoms with van der Waals surface area (Å²) in [6.07, 6.45) is -1.00. The summed E-state index contributed by atoms with van der Waals surface area (Å²) in [6.45, 7) is 2.58. The second kappa shape index (κ2) is 8.14. The van der Waals surface area contributed by atoms with E-state index in [1.807, 2.05) is 6.92 Å². The van der Waals surface area contributed by atoms with Crippen LogP contribution in [-0.2, 0) is 16.0 Å². The van der Waals surface area contributed by atoms with Crippen LogP contribution in [0.25, 0.3) is 0 Å². The predicted octanol–water partition coefficient (Wildman–Crippen LogP) is -0.449. The fourth-order valence-electron chi connectivity index (χ4n) is 1.15. The maximum Gasteiger partial charge on any atom is 0.234 e. The van der Waals surface area contributed by atoms with Gasteiger partial charge in [-0.15, -0.1) is 0 Å². The normalized spacial score (nSPS) is 15.9. The number of aliphatic hydroxyl groups is 2. The van der Waals surface area contributed by atoms with Crippen molar-refractivity contribution in [2.75, 3.05) is 20.2 Å². The summed E-state index contributed by atoms with van der Waals surface area (Å²) in [5, 5.41) is 17.4. The molecule has 0 aromatic heterocycles. The molecule has 0 rings (SSSR count). The second-order valence-electron chi connectivity index (χ2n) is 3.18. The van der Waals surface area contributed by atoms with E-state index in [0.29, 0.717) is 13.0 Å². The highest BCUT2D eigenvalue weighted by Gasteiger charge is 2.15. The number of hydrogen-bond donors (Lipinski definition) is 3. The van der Waals surface area contributed by atoms with Crippen molar-refractivity contribution in [1.82, 2.24) is 4.31 Å². The van der Waals surface area contributed by atoms with E-state index in [0.717, 1.165) is 0 Å². The minimum Gasteiger partial charge on any atom is -0.377 e. The molecule has 2 atom stereocenters. The highest BCUT2D eigenvalue weighted by molar-refractivity contribution is 7.76. The van der Waals surface area contributed by atoms with Gasteiger partial charge in [0.15, 0.2) is 6.29 Å². The van der Waals surface area contributed by atoms with Crippen LogP contribution in [0.1, 0.15) is 19.8 Å². The van der Waals surface area contributed by atoms with Crippen molar-refractivity contribution in [1.29, 1.82) is 0 Å². The molecule has 0 bridgehead atoms. The van der Waals surface area contributed by atoms with Crippen molar-refractivity contribution in [3.05, 3.63) is 0 Å². The van der Waals surface area contributed by atoms with E-state index in [4.69, 9.17) is 19.5 Å². The average molecular weight is 241 g/mol. The largest absolute Gasteiger partial charge is 0.377 e. The summed E-state index contributed by atoms with van der Waals surface area (Å²) in [7, 11) is 1.50. The first-order valence-electron chi connectivity index (χ1n) is 4.77. The van der Waals surface area contributed by atoms with Gasteiger partial charge in [-0.05, 0) is 13.3 Å². The lowest BCUT2D eigenvalue weighted by Gasteiger charge is -2.21. The first-order chi connectivity index (χ1) is 6.97. The summed E-state index contributed by atoms with van der Waals surface area (Å²) >= 11 is -2.02. The van der Waals surface area contributed by atoms with Crippen LogP contribution >= 0.6 is 0 Å². The summed E-state index contributed by atoms with van der Waals surface area (Å²) < 4.78 is 25.9. The zero-order valence-electron chi connectivity index (χ0n) is 9.00. The van der Waals surface area contributed by atoms with Crippen LogP contribution in [0.2, 0.25) is 0 Å². The second-order valence-corrected chi connectivity index (χ2v) is 4.26. The number of ether oxygens (including phenoxy) is 1. The Bertz CT molecular complexity index is 190. The molecule has 0 aliphatic heterocycles. The standard InChI is InChI=1S/C8H19NO5S/c1-3-14-7(4-5-8(10)11)6-9(2)15(12)13/h7-8,10-11H,3-6H2,1-2H3,(H,12,13)/t7-/m0/s1. The number of rotatable bonds is 8. The Morgan fingerprint density at radius 1 is 1.40 bits per heavy atom. The Labute approximate surface area is 92.3 Å². The molecule has 0 amide bonds. The fraction of sp³-hybridized carbons (Fsp3) is 1.00. The van der Waals surface area contributed by atoms with Crippen LogP contribution in [0.5, 0.6) is 0 Å². The number of hydrogen-bond acceptors (Lipinski definition) is 4. The van der Waals surface area contributed by atoms with Gasteiger partial charge >= 0.3 is 0 Å². The molecule has 0 fully saturated rings. The molecule has 15 heavy (non-hydrogen) atoms. The summed E-state index contributed by atoms with van der Waals surface area (Å²) in [5.41, 5.74) is 0. The van der Waals surface area contributed by atoms with Gasteiger partial charge in [-0.25, -0.2) is 8.51 Å². The number of likely N-dealkylation sites (N-methyl/N-ethyl adjacent to an activating group) is 1. The minimum absolute atomic E-state index is 0.191. The van der Waals surface area contributed by atoms with Gasteiger partial charge in [0, 0.05) is 26.6 Å². The Morgan fingerprint density at radius 3 is 2.40 bits per heavy atom. The third-order valence-corrected chi connectivity index (χ3v) is 2.56. The van der Waals surface area contributed by atoms with E-state index < -0.39 is 17.6 Å². The topological polar surface area (TPSA) is 90.2 Å². The third-order valence-electron chi connectivity index (χ3n) is 1.88. The molecule has 7 heteroatoms. The van der Waals surface area contributed by atoms with Crippen LogP contribution < -0.4 is 0 Å². The van der Waals surface area contributed by atoms with E-state index in [1.165, 1.54) is 11.4 Å². The maximum atomic E-state index is 10.7. The highest BCUT2D eigenvalue weighted by Crippen LogP contribution is 2.06. The van der Waals surface area contributed by atoms with Gasteiger partial charge < -0.3 is 14.9 Å². The molecule has 0 aliphatic carbocycles. The lowest BCUT2D eigenvalue weighted by atomic mass is 10.2. The van der Waals surface area contributed by atoms with Crippen LogP contribution in [0.3, 0.4) is 0 Å². The lowest BCUT2D eigenvalue weighted by Crippen LogP contribution is -2.33. The fourth-order valence-corrected chi connectivity index (χ4v) is 1.44. The van der Waals surface area contributed by atoms with Crippen LogP contribution in [0.4, 0.5) is 0 Å². The van der Waals surface area contributed by atoms with Gasteiger partial charge in [0.2, 0.25) is 11.3 Å². The molecule has 0 spiro atoms. The lowest BCUT2D eigenvalue weighted by molar-refractivity contribution is -0.0587. The van der Waals surface area contributed by atoms with E-state index in [9.17, 15) is 4.21 Å². The molecule has 0 aromatic carbocycles. The SMILES string of the molecule is CCO[C@@H](CCC(O)O)CN(C)S(=O)O. The van der Waals surface area contributed by atoms with E-state index >= 15 is 0 Å². The summed E-state index contributed by atoms with van der Waals surface area (Å²) in [4.78, 5) is 0. The van der Waals surface area contributed by atoms with Gasteiger partial charge in [0.25, 0.3) is 0 Å². The van der Waals surface area contributed by atoms with Crippen LogP contribution in [-0.4, -0.2) is 55.9 Å². The van der Waals surface area contributed by atoms with Gasteiger partial charge in [-0.1, -0.05) is 0 Å². The molecule has 0 aliphatic rings. The number of nitrogens with zero attached hydrogens (tertiary/aromatic N) is 1. The smallest absolute Gasteiger partial charge is 0.234 e. The quantitative estimate of drug-likeness (QED) is 0.395. The van der Waals surface area contributed by atoms with Crippen molar-refractivity contribution >= 4 is 11.3 Å².